The molecule has 2 aliphatic heterocycles. The number of nitrogens with zero attached hydrogens (tertiary/aromatic N) is 3. The van der Waals surface area contributed by atoms with E-state index in [-0.39, 0.29) is 5.91 Å². The zero-order valence-electron chi connectivity index (χ0n) is 16.6. The molecule has 0 unspecified atom stereocenters. The minimum atomic E-state index is -0.427. The highest BCUT2D eigenvalue weighted by Gasteiger charge is 2.31. The molecule has 1 aromatic rings. The van der Waals surface area contributed by atoms with E-state index in [4.69, 9.17) is 4.74 Å². The molecule has 3 amide bonds. The standard InChI is InChI=1S/C21H29N3O4/c1-2-28-18-8-5-17(6-9-18)7-10-19(25)22-13-15-24(16-14-22)21(27)20(26)23-11-3-4-12-23/h5-6,8-9H,2-4,7,10-16H2,1H3. The number of carbonyl (C=O) groups excluding carboxylic acids is 3. The minimum absolute atomic E-state index is 0.0897. The van der Waals surface area contributed by atoms with Crippen LogP contribution < -0.4 is 4.74 Å². The Morgan fingerprint density at radius 2 is 1.36 bits per heavy atom. The van der Waals surface area contributed by atoms with Gasteiger partial charge in [-0.2, -0.15) is 0 Å². The summed E-state index contributed by atoms with van der Waals surface area (Å²) in [5.41, 5.74) is 1.10. The second-order valence-electron chi connectivity index (χ2n) is 7.25. The molecule has 0 spiro atoms. The van der Waals surface area contributed by atoms with Crippen molar-refractivity contribution >= 4 is 17.7 Å². The lowest BCUT2D eigenvalue weighted by molar-refractivity contribution is -0.153. The largest absolute Gasteiger partial charge is 0.494 e. The van der Waals surface area contributed by atoms with Crippen LogP contribution in [0.2, 0.25) is 0 Å². The van der Waals surface area contributed by atoms with Crippen molar-refractivity contribution in [2.75, 3.05) is 45.9 Å². The Morgan fingerprint density at radius 1 is 0.821 bits per heavy atom. The van der Waals surface area contributed by atoms with E-state index in [1.165, 1.54) is 0 Å². The first-order valence-electron chi connectivity index (χ1n) is 10.2. The number of hydrogen-bond donors (Lipinski definition) is 0. The molecule has 2 heterocycles. The van der Waals surface area contributed by atoms with E-state index in [0.717, 1.165) is 24.2 Å². The van der Waals surface area contributed by atoms with Crippen LogP contribution in [-0.4, -0.2) is 78.3 Å². The number of likely N-dealkylation sites (tertiary alicyclic amines) is 1. The van der Waals surface area contributed by atoms with Crippen molar-refractivity contribution in [3.8, 4) is 5.75 Å². The third-order valence-electron chi connectivity index (χ3n) is 5.36. The number of hydrogen-bond acceptors (Lipinski definition) is 4. The van der Waals surface area contributed by atoms with Crippen LogP contribution in [0.4, 0.5) is 0 Å². The summed E-state index contributed by atoms with van der Waals surface area (Å²) >= 11 is 0. The average molecular weight is 387 g/mol. The molecule has 2 aliphatic rings. The number of ether oxygens (including phenoxy) is 1. The van der Waals surface area contributed by atoms with E-state index in [1.807, 2.05) is 31.2 Å². The number of aryl methyl sites for hydroxylation is 1. The van der Waals surface area contributed by atoms with Crippen LogP contribution in [0.1, 0.15) is 31.7 Å². The summed E-state index contributed by atoms with van der Waals surface area (Å²) in [6.45, 7) is 5.75. The van der Waals surface area contributed by atoms with Gasteiger partial charge in [0.05, 0.1) is 6.61 Å². The molecule has 0 radical (unpaired) electrons. The molecule has 3 rings (SSSR count). The second kappa shape index (κ2) is 9.57. The predicted molar refractivity (Wildman–Crippen MR) is 105 cm³/mol. The molecule has 2 fully saturated rings. The zero-order chi connectivity index (χ0) is 19.9. The lowest BCUT2D eigenvalue weighted by Crippen LogP contribution is -2.54. The normalized spacial score (nSPS) is 17.0. The molecule has 0 bridgehead atoms. The maximum atomic E-state index is 12.5. The van der Waals surface area contributed by atoms with Crippen LogP contribution >= 0.6 is 0 Å². The van der Waals surface area contributed by atoms with Gasteiger partial charge in [-0.3, -0.25) is 14.4 Å². The molecule has 0 saturated carbocycles. The van der Waals surface area contributed by atoms with Gasteiger partial charge < -0.3 is 19.4 Å². The van der Waals surface area contributed by atoms with E-state index in [0.29, 0.717) is 58.7 Å². The van der Waals surface area contributed by atoms with Gasteiger partial charge >= 0.3 is 11.8 Å². The first-order chi connectivity index (χ1) is 13.6. The van der Waals surface area contributed by atoms with Gasteiger partial charge in [-0.15, -0.1) is 0 Å². The quantitative estimate of drug-likeness (QED) is 0.715. The second-order valence-corrected chi connectivity index (χ2v) is 7.25. The molecule has 7 heteroatoms. The van der Waals surface area contributed by atoms with E-state index in [1.54, 1.807) is 14.7 Å². The van der Waals surface area contributed by atoms with Crippen molar-refractivity contribution in [2.24, 2.45) is 0 Å². The predicted octanol–water partition coefficient (Wildman–Crippen LogP) is 1.31. The highest BCUT2D eigenvalue weighted by molar-refractivity contribution is 6.35. The van der Waals surface area contributed by atoms with Gasteiger partial charge in [0.25, 0.3) is 0 Å². The summed E-state index contributed by atoms with van der Waals surface area (Å²) in [5, 5.41) is 0. The van der Waals surface area contributed by atoms with Crippen molar-refractivity contribution in [3.63, 3.8) is 0 Å². The van der Waals surface area contributed by atoms with Gasteiger partial charge in [0, 0.05) is 45.7 Å². The third-order valence-corrected chi connectivity index (χ3v) is 5.36. The average Bonchev–Trinajstić information content (AvgIpc) is 3.27. The van der Waals surface area contributed by atoms with Crippen LogP contribution in [0.15, 0.2) is 24.3 Å². The van der Waals surface area contributed by atoms with Crippen LogP contribution in [0.25, 0.3) is 0 Å². The van der Waals surface area contributed by atoms with Gasteiger partial charge in [0.15, 0.2) is 0 Å². The van der Waals surface area contributed by atoms with Crippen molar-refractivity contribution < 1.29 is 19.1 Å². The van der Waals surface area contributed by atoms with Crippen molar-refractivity contribution in [3.05, 3.63) is 29.8 Å². The maximum absolute atomic E-state index is 12.5. The van der Waals surface area contributed by atoms with E-state index in [9.17, 15) is 14.4 Å². The Kier molecular flexibility index (Phi) is 6.90. The molecular weight excluding hydrogens is 358 g/mol. The number of piperazine rings is 1. The molecule has 152 valence electrons. The van der Waals surface area contributed by atoms with Gasteiger partial charge in [-0.25, -0.2) is 0 Å². The van der Waals surface area contributed by atoms with Crippen LogP contribution in [0.5, 0.6) is 5.75 Å². The molecule has 28 heavy (non-hydrogen) atoms. The molecule has 0 aromatic heterocycles. The van der Waals surface area contributed by atoms with Crippen LogP contribution in [-0.2, 0) is 20.8 Å². The third kappa shape index (κ3) is 5.03. The van der Waals surface area contributed by atoms with Crippen LogP contribution in [0.3, 0.4) is 0 Å². The summed E-state index contributed by atoms with van der Waals surface area (Å²) in [4.78, 5) is 42.1. The fourth-order valence-electron chi connectivity index (χ4n) is 3.68. The number of amides is 3. The lowest BCUT2D eigenvalue weighted by atomic mass is 10.1. The Hall–Kier alpha value is -2.57. The van der Waals surface area contributed by atoms with Crippen molar-refractivity contribution in [2.45, 2.75) is 32.6 Å². The monoisotopic (exact) mass is 387 g/mol. The first kappa shape index (κ1) is 20.2. The molecule has 0 aliphatic carbocycles. The van der Waals surface area contributed by atoms with Gasteiger partial charge in [0.1, 0.15) is 5.75 Å². The molecule has 0 atom stereocenters. The number of carbonyl (C=O) groups is 3. The Bertz CT molecular complexity index is 690. The van der Waals surface area contributed by atoms with E-state index < -0.39 is 11.8 Å². The fourth-order valence-corrected chi connectivity index (χ4v) is 3.68. The number of benzene rings is 1. The van der Waals surface area contributed by atoms with E-state index >= 15 is 0 Å². The zero-order valence-corrected chi connectivity index (χ0v) is 16.6. The molecule has 1 aromatic carbocycles. The Balaban J connectivity index is 1.42. The molecule has 7 nitrogen and oxygen atoms in total. The summed E-state index contributed by atoms with van der Waals surface area (Å²) in [7, 11) is 0. The first-order valence-corrected chi connectivity index (χ1v) is 10.2. The van der Waals surface area contributed by atoms with E-state index in [2.05, 4.69) is 0 Å². The summed E-state index contributed by atoms with van der Waals surface area (Å²) in [6.07, 6.45) is 3.05. The summed E-state index contributed by atoms with van der Waals surface area (Å²) < 4.78 is 5.43. The Morgan fingerprint density at radius 3 is 1.93 bits per heavy atom. The van der Waals surface area contributed by atoms with Crippen molar-refractivity contribution in [1.29, 1.82) is 0 Å². The molecular formula is C21H29N3O4. The Labute approximate surface area is 166 Å². The highest BCUT2D eigenvalue weighted by atomic mass is 16.5. The fraction of sp³-hybridized carbons (Fsp3) is 0.571. The summed E-state index contributed by atoms with van der Waals surface area (Å²) in [5.74, 6) is 0.102. The maximum Gasteiger partial charge on any atom is 0.312 e. The highest BCUT2D eigenvalue weighted by Crippen LogP contribution is 2.15. The number of rotatable bonds is 5. The lowest BCUT2D eigenvalue weighted by Gasteiger charge is -2.35. The smallest absolute Gasteiger partial charge is 0.312 e. The van der Waals surface area contributed by atoms with Crippen molar-refractivity contribution in [1.82, 2.24) is 14.7 Å². The van der Waals surface area contributed by atoms with Crippen LogP contribution in [0, 0.1) is 0 Å². The molecule has 0 N–H and O–H groups in total. The SMILES string of the molecule is CCOc1ccc(CCC(=O)N2CCN(C(=O)C(=O)N3CCCC3)CC2)cc1. The topological polar surface area (TPSA) is 70.2 Å². The molecule has 2 saturated heterocycles. The van der Waals surface area contributed by atoms with Gasteiger partial charge in [0.2, 0.25) is 5.91 Å². The minimum Gasteiger partial charge on any atom is -0.494 e. The van der Waals surface area contributed by atoms with Gasteiger partial charge in [-0.1, -0.05) is 12.1 Å². The van der Waals surface area contributed by atoms with Gasteiger partial charge in [-0.05, 0) is 43.9 Å². The summed E-state index contributed by atoms with van der Waals surface area (Å²) in [6, 6.07) is 7.81.